The molecule has 1 aliphatic heterocycles. The number of nitrogens with zero attached hydrogens (tertiary/aromatic N) is 2. The third-order valence-electron chi connectivity index (χ3n) is 4.07. The number of rotatable bonds is 4. The third-order valence-corrected chi connectivity index (χ3v) is 4.76. The molecule has 32 heavy (non-hydrogen) atoms. The summed E-state index contributed by atoms with van der Waals surface area (Å²) < 4.78 is 0. The molecule has 0 aromatic heterocycles. The Labute approximate surface area is 196 Å². The molecule has 0 unspecified atom stereocenters. The maximum absolute atomic E-state index is 10.0. The minimum atomic E-state index is -1.23. The first kappa shape index (κ1) is 27.3. The molecule has 8 nitrogen and oxygen atoms in total. The first-order valence-electron chi connectivity index (χ1n) is 9.57. The van der Waals surface area contributed by atoms with Crippen LogP contribution in [-0.4, -0.2) is 48.1 Å². The second-order valence-corrected chi connectivity index (χ2v) is 7.40. The quantitative estimate of drug-likeness (QED) is 0.544. The second kappa shape index (κ2) is 15.1. The Morgan fingerprint density at radius 1 is 0.719 bits per heavy atom. The van der Waals surface area contributed by atoms with Gasteiger partial charge in [-0.1, -0.05) is 71.8 Å². The van der Waals surface area contributed by atoms with Gasteiger partial charge in [-0.25, -0.2) is 0 Å². The van der Waals surface area contributed by atoms with Crippen LogP contribution in [0.15, 0.2) is 60.7 Å². The average Bonchev–Trinajstić information content (AvgIpc) is 2.75. The molecule has 3 rings (SSSR count). The van der Waals surface area contributed by atoms with E-state index in [0.717, 1.165) is 38.3 Å². The summed E-state index contributed by atoms with van der Waals surface area (Å²) in [6.07, 6.45) is 4.69. The zero-order valence-corrected chi connectivity index (χ0v) is 19.0. The largest absolute Gasteiger partial charge is 0.545 e. The van der Waals surface area contributed by atoms with E-state index in [1.54, 1.807) is 48.5 Å². The maximum atomic E-state index is 10.0. The summed E-state index contributed by atoms with van der Waals surface area (Å²) >= 11 is 11.5. The minimum absolute atomic E-state index is 0.523. The van der Waals surface area contributed by atoms with Crippen molar-refractivity contribution in [2.24, 2.45) is 0 Å². The summed E-state index contributed by atoms with van der Waals surface area (Å²) in [6, 6.07) is 13.9. The number of benzene rings is 2. The lowest BCUT2D eigenvalue weighted by atomic mass is 10.2. The number of hydrogen-bond donors (Lipinski definition) is 2. The normalized spacial score (nSPS) is 14.4. The Hall–Kier alpha value is -2.72. The second-order valence-electron chi connectivity index (χ2n) is 6.58. The smallest absolute Gasteiger partial charge is 0.0652 e. The van der Waals surface area contributed by atoms with Gasteiger partial charge in [0.05, 0.1) is 38.1 Å². The molecule has 0 bridgehead atoms. The minimum Gasteiger partial charge on any atom is -0.545 e. The number of hydrogen-bond acceptors (Lipinski definition) is 6. The summed E-state index contributed by atoms with van der Waals surface area (Å²) in [6.45, 7) is 4.24. The molecule has 0 radical (unpaired) electrons. The van der Waals surface area contributed by atoms with E-state index in [9.17, 15) is 19.8 Å². The van der Waals surface area contributed by atoms with Crippen LogP contribution in [-0.2, 0) is 9.59 Å². The number of aliphatic carboxylic acids is 2. The monoisotopic (exact) mass is 480 g/mol. The van der Waals surface area contributed by atoms with Gasteiger partial charge in [0.1, 0.15) is 0 Å². The molecule has 0 aliphatic carbocycles. The van der Waals surface area contributed by atoms with Gasteiger partial charge in [0.25, 0.3) is 0 Å². The Morgan fingerprint density at radius 3 is 1.31 bits per heavy atom. The molecule has 10 heteroatoms. The molecule has 6 N–H and O–H groups in total. The summed E-state index contributed by atoms with van der Waals surface area (Å²) in [5.41, 5.74) is 1.34. The Kier molecular flexibility index (Phi) is 12.9. The Morgan fingerprint density at radius 2 is 1.03 bits per heavy atom. The van der Waals surface area contributed by atoms with Crippen LogP contribution in [0.25, 0.3) is 12.2 Å². The first-order chi connectivity index (χ1) is 15.2. The molecular weight excluding hydrogens is 455 g/mol. The Bertz CT molecular complexity index is 854. The standard InChI is InChI=1S/2C9H7ClO2.C4H12N4/c2*10-8-4-2-1-3-7(8)5-6-9(11)12;5-7-1-2-8(6)4-3-7/h2*1-6H,(H,11,12);1-6H2/b2*6-5+;. The van der Waals surface area contributed by atoms with Crippen molar-refractivity contribution in [3.63, 3.8) is 0 Å². The highest BCUT2D eigenvalue weighted by Gasteiger charge is 2.14. The molecule has 1 heterocycles. The van der Waals surface area contributed by atoms with Gasteiger partial charge in [0.15, 0.2) is 0 Å². The van der Waals surface area contributed by atoms with E-state index in [1.165, 1.54) is 12.2 Å². The van der Waals surface area contributed by atoms with Crippen LogP contribution in [0.3, 0.4) is 0 Å². The van der Waals surface area contributed by atoms with E-state index in [2.05, 4.69) is 21.7 Å². The summed E-state index contributed by atoms with van der Waals surface area (Å²) in [5.74, 6) is 5.17. The lowest BCUT2D eigenvalue weighted by Crippen LogP contribution is -2.78. The van der Waals surface area contributed by atoms with Crippen LogP contribution in [0.2, 0.25) is 10.0 Å². The number of piperazine rings is 1. The van der Waals surface area contributed by atoms with Gasteiger partial charge >= 0.3 is 0 Å². The summed E-state index contributed by atoms with van der Waals surface area (Å²) in [5, 5.41) is 25.3. The zero-order chi connectivity index (χ0) is 23.9. The summed E-state index contributed by atoms with van der Waals surface area (Å²) in [4.78, 5) is 20.1. The Balaban J connectivity index is 0.000000245. The van der Waals surface area contributed by atoms with E-state index >= 15 is 0 Å². The summed E-state index contributed by atoms with van der Waals surface area (Å²) in [7, 11) is 0. The van der Waals surface area contributed by atoms with Gasteiger partial charge in [-0.15, -0.1) is 0 Å². The number of carbonyl (C=O) groups is 2. The fourth-order valence-electron chi connectivity index (χ4n) is 2.33. The number of carboxylic acid groups (broad SMARTS) is 2. The number of halogens is 2. The van der Waals surface area contributed by atoms with Crippen LogP contribution < -0.4 is 21.9 Å². The van der Waals surface area contributed by atoms with Crippen molar-refractivity contribution in [3.8, 4) is 0 Å². The number of carboxylic acids is 2. The van der Waals surface area contributed by atoms with Crippen LogP contribution >= 0.6 is 23.2 Å². The van der Waals surface area contributed by atoms with Crippen molar-refractivity contribution >= 4 is 47.3 Å². The SMILES string of the molecule is O=C([O-])/C=C/c1ccccc1Cl.O=C([O-])/C=C/c1ccccc1Cl.[NH3+]N1CCN([NH3+])CC1. The van der Waals surface area contributed by atoms with Gasteiger partial charge in [-0.2, -0.15) is 10.0 Å². The van der Waals surface area contributed by atoms with Gasteiger partial charge in [0, 0.05) is 10.0 Å². The van der Waals surface area contributed by atoms with Gasteiger partial charge < -0.3 is 19.8 Å². The molecule has 2 aromatic rings. The van der Waals surface area contributed by atoms with Crippen LogP contribution in [0.5, 0.6) is 0 Å². The van der Waals surface area contributed by atoms with Gasteiger partial charge in [-0.05, 0) is 35.4 Å². The van der Waals surface area contributed by atoms with Crippen LogP contribution in [0.1, 0.15) is 11.1 Å². The van der Waals surface area contributed by atoms with E-state index < -0.39 is 11.9 Å². The van der Waals surface area contributed by atoms with Crippen LogP contribution in [0.4, 0.5) is 0 Å². The van der Waals surface area contributed by atoms with Crippen molar-refractivity contribution < 1.29 is 31.5 Å². The highest BCUT2D eigenvalue weighted by atomic mass is 35.5. The van der Waals surface area contributed by atoms with E-state index in [1.807, 2.05) is 0 Å². The van der Waals surface area contributed by atoms with Gasteiger partial charge in [-0.3, -0.25) is 11.7 Å². The van der Waals surface area contributed by atoms with E-state index in [0.29, 0.717) is 21.2 Å². The fraction of sp³-hybridized carbons (Fsp3) is 0.182. The molecule has 2 aromatic carbocycles. The van der Waals surface area contributed by atoms with Crippen molar-refractivity contribution in [2.75, 3.05) is 26.2 Å². The topological polar surface area (TPSA) is 142 Å². The fourth-order valence-corrected chi connectivity index (χ4v) is 2.72. The molecule has 1 aliphatic rings. The maximum Gasteiger partial charge on any atom is 0.0652 e. The molecule has 0 atom stereocenters. The molecular formula is C22H26Cl2N4O4. The van der Waals surface area contributed by atoms with Crippen LogP contribution in [0, 0.1) is 0 Å². The first-order valence-corrected chi connectivity index (χ1v) is 10.3. The lowest BCUT2D eigenvalue weighted by molar-refractivity contribution is -0.619. The van der Waals surface area contributed by atoms with Gasteiger partial charge in [0.2, 0.25) is 0 Å². The molecule has 0 amide bonds. The molecule has 1 fully saturated rings. The lowest BCUT2D eigenvalue weighted by Gasteiger charge is -2.22. The molecule has 0 saturated carbocycles. The van der Waals surface area contributed by atoms with E-state index in [4.69, 9.17) is 23.2 Å². The molecule has 0 spiro atoms. The van der Waals surface area contributed by atoms with Crippen molar-refractivity contribution in [1.29, 1.82) is 0 Å². The average molecular weight is 481 g/mol. The van der Waals surface area contributed by atoms with Crippen molar-refractivity contribution in [1.82, 2.24) is 10.0 Å². The number of carbonyl (C=O) groups excluding carboxylic acids is 2. The highest BCUT2D eigenvalue weighted by Crippen LogP contribution is 2.16. The molecule has 172 valence electrons. The number of quaternary nitrogens is 2. The van der Waals surface area contributed by atoms with E-state index in [-0.39, 0.29) is 0 Å². The third kappa shape index (κ3) is 12.2. The zero-order valence-electron chi connectivity index (χ0n) is 17.5. The highest BCUT2D eigenvalue weighted by molar-refractivity contribution is 6.32. The predicted octanol–water partition coefficient (Wildman–Crippen LogP) is -0.876. The van der Waals surface area contributed by atoms with Crippen molar-refractivity contribution in [2.45, 2.75) is 0 Å². The predicted molar refractivity (Wildman–Crippen MR) is 120 cm³/mol. The molecule has 1 saturated heterocycles. The van der Waals surface area contributed by atoms with Crippen molar-refractivity contribution in [3.05, 3.63) is 81.9 Å².